The molecule has 0 saturated heterocycles. The summed E-state index contributed by atoms with van der Waals surface area (Å²) in [6.45, 7) is 0. The quantitative estimate of drug-likeness (QED) is 0.384. The van der Waals surface area contributed by atoms with Crippen molar-refractivity contribution in [3.8, 4) is 11.3 Å². The lowest BCUT2D eigenvalue weighted by atomic mass is 9.48. The Kier molecular flexibility index (Phi) is 3.73. The van der Waals surface area contributed by atoms with Crippen molar-refractivity contribution >= 4 is 22.5 Å². The number of hydrogen-bond donors (Lipinski definition) is 0. The van der Waals surface area contributed by atoms with E-state index in [0.29, 0.717) is 11.3 Å². The summed E-state index contributed by atoms with van der Waals surface area (Å²) in [6.07, 6.45) is 7.46. The molecule has 4 saturated carbocycles. The highest BCUT2D eigenvalue weighted by Gasteiger charge is 2.51. The van der Waals surface area contributed by atoms with Crippen molar-refractivity contribution in [2.75, 3.05) is 0 Å². The first-order chi connectivity index (χ1) is 12.9. The number of benzene rings is 1. The zero-order chi connectivity index (χ0) is 18.8. The number of halogens is 1. The molecule has 1 aromatic heterocycles. The molecule has 0 aliphatic heterocycles. The molecule has 0 atom stereocenters. The molecule has 4 fully saturated rings. The first-order valence-electron chi connectivity index (χ1n) is 9.52. The van der Waals surface area contributed by atoms with Gasteiger partial charge in [-0.2, -0.15) is 0 Å². The van der Waals surface area contributed by atoms with Gasteiger partial charge in [-0.05, 0) is 97.1 Å². The number of nitro benzene ring substituents is 1. The number of carbonyl (C=O) groups is 1. The van der Waals surface area contributed by atoms with E-state index < -0.39 is 5.24 Å². The molecule has 2 aromatic rings. The molecule has 6 rings (SSSR count). The topological polar surface area (TPSA) is 73.3 Å². The van der Waals surface area contributed by atoms with Gasteiger partial charge in [0, 0.05) is 6.07 Å². The Hall–Kier alpha value is -2.14. The second-order valence-corrected chi connectivity index (χ2v) is 8.97. The summed E-state index contributed by atoms with van der Waals surface area (Å²) in [5.41, 5.74) is 1.61. The van der Waals surface area contributed by atoms with Gasteiger partial charge in [0.25, 0.3) is 10.9 Å². The Bertz CT molecular complexity index is 912. The number of carbonyl (C=O) groups excluding carboxylic acids is 1. The van der Waals surface area contributed by atoms with E-state index in [4.69, 9.17) is 16.0 Å². The van der Waals surface area contributed by atoms with Gasteiger partial charge in [0.1, 0.15) is 5.76 Å². The van der Waals surface area contributed by atoms with E-state index in [2.05, 4.69) is 0 Å². The van der Waals surface area contributed by atoms with Gasteiger partial charge in [-0.1, -0.05) is 6.07 Å². The summed E-state index contributed by atoms with van der Waals surface area (Å²) in [7, 11) is 0. The molecule has 140 valence electrons. The fourth-order valence-corrected chi connectivity index (χ4v) is 6.37. The average molecular weight is 386 g/mol. The summed E-state index contributed by atoms with van der Waals surface area (Å²) < 4.78 is 5.43. The van der Waals surface area contributed by atoms with Crippen LogP contribution in [0.1, 0.15) is 54.6 Å². The molecular weight excluding hydrogens is 366 g/mol. The van der Waals surface area contributed by atoms with Crippen LogP contribution in [0.3, 0.4) is 0 Å². The Morgan fingerprint density at radius 1 is 1.07 bits per heavy atom. The molecule has 0 unspecified atom stereocenters. The predicted molar refractivity (Wildman–Crippen MR) is 101 cm³/mol. The summed E-state index contributed by atoms with van der Waals surface area (Å²) in [6, 6.07) is 8.55. The van der Waals surface area contributed by atoms with Crippen LogP contribution in [0.25, 0.3) is 11.3 Å². The molecule has 4 aliphatic rings. The second-order valence-electron chi connectivity index (χ2n) is 8.62. The van der Waals surface area contributed by atoms with Crippen molar-refractivity contribution < 1.29 is 14.1 Å². The smallest absolute Gasteiger partial charge is 0.287 e. The number of rotatable bonds is 4. The van der Waals surface area contributed by atoms with Crippen molar-refractivity contribution in [1.82, 2.24) is 0 Å². The van der Waals surface area contributed by atoms with E-state index in [1.54, 1.807) is 18.2 Å². The molecule has 27 heavy (non-hydrogen) atoms. The first-order valence-corrected chi connectivity index (χ1v) is 9.90. The zero-order valence-corrected chi connectivity index (χ0v) is 15.6. The normalized spacial score (nSPS) is 31.2. The Morgan fingerprint density at radius 3 is 2.22 bits per heavy atom. The minimum atomic E-state index is -0.714. The fraction of sp³-hybridized carbons (Fsp3) is 0.476. The second kappa shape index (κ2) is 5.93. The van der Waals surface area contributed by atoms with Gasteiger partial charge < -0.3 is 4.42 Å². The van der Waals surface area contributed by atoms with Gasteiger partial charge in [-0.25, -0.2) is 0 Å². The van der Waals surface area contributed by atoms with Crippen molar-refractivity contribution in [3.05, 3.63) is 51.8 Å². The highest BCUT2D eigenvalue weighted by Crippen LogP contribution is 2.61. The van der Waals surface area contributed by atoms with Crippen LogP contribution in [-0.2, 0) is 5.41 Å². The molecule has 6 heteroatoms. The maximum atomic E-state index is 11.8. The van der Waals surface area contributed by atoms with E-state index in [1.807, 2.05) is 6.07 Å². The monoisotopic (exact) mass is 385 g/mol. The molecule has 5 nitrogen and oxygen atoms in total. The van der Waals surface area contributed by atoms with Crippen molar-refractivity contribution in [2.24, 2.45) is 17.8 Å². The van der Waals surface area contributed by atoms with E-state index in [9.17, 15) is 14.9 Å². The van der Waals surface area contributed by atoms with Crippen LogP contribution in [0.2, 0.25) is 0 Å². The molecule has 0 amide bonds. The van der Waals surface area contributed by atoms with Gasteiger partial charge in [0.15, 0.2) is 5.76 Å². The van der Waals surface area contributed by atoms with E-state index >= 15 is 0 Å². The zero-order valence-electron chi connectivity index (χ0n) is 14.8. The Balaban J connectivity index is 1.57. The first kappa shape index (κ1) is 17.0. The maximum absolute atomic E-state index is 11.8. The standard InChI is InChI=1S/C21H20ClNO4/c22-20(24)19-4-3-18(27-19)16-2-1-15(8-17(16)23(25)26)21-9-12-5-13(10-21)7-14(6-12)11-21/h1-4,8,12-14H,5-7,9-11H2. The van der Waals surface area contributed by atoms with E-state index in [-0.39, 0.29) is 21.8 Å². The van der Waals surface area contributed by atoms with Crippen LogP contribution in [0.15, 0.2) is 34.7 Å². The number of hydrogen-bond acceptors (Lipinski definition) is 4. The molecular formula is C21H20ClNO4. The lowest BCUT2D eigenvalue weighted by molar-refractivity contribution is -0.384. The van der Waals surface area contributed by atoms with Crippen molar-refractivity contribution in [1.29, 1.82) is 0 Å². The molecule has 4 aliphatic carbocycles. The fourth-order valence-electron chi connectivity index (χ4n) is 6.27. The lowest BCUT2D eigenvalue weighted by Crippen LogP contribution is -2.48. The maximum Gasteiger partial charge on any atom is 0.287 e. The lowest BCUT2D eigenvalue weighted by Gasteiger charge is -2.57. The number of nitrogens with zero attached hydrogens (tertiary/aromatic N) is 1. The van der Waals surface area contributed by atoms with Gasteiger partial charge in [0.05, 0.1) is 10.5 Å². The third kappa shape index (κ3) is 2.71. The van der Waals surface area contributed by atoms with Crippen LogP contribution >= 0.6 is 11.6 Å². The predicted octanol–water partition coefficient (Wildman–Crippen LogP) is 5.70. The number of furan rings is 1. The van der Waals surface area contributed by atoms with Crippen LogP contribution in [0, 0.1) is 27.9 Å². The average Bonchev–Trinajstić information content (AvgIpc) is 3.10. The molecule has 0 N–H and O–H groups in total. The highest BCUT2D eigenvalue weighted by atomic mass is 35.5. The molecule has 0 radical (unpaired) electrons. The van der Waals surface area contributed by atoms with Gasteiger partial charge >= 0.3 is 0 Å². The van der Waals surface area contributed by atoms with Crippen LogP contribution in [-0.4, -0.2) is 10.2 Å². The number of nitro groups is 1. The van der Waals surface area contributed by atoms with Crippen molar-refractivity contribution in [2.45, 2.75) is 43.9 Å². The van der Waals surface area contributed by atoms with Gasteiger partial charge in [-0.3, -0.25) is 14.9 Å². The minimum Gasteiger partial charge on any atom is -0.451 e. The van der Waals surface area contributed by atoms with Crippen LogP contribution < -0.4 is 0 Å². The Morgan fingerprint density at radius 2 is 1.70 bits per heavy atom. The van der Waals surface area contributed by atoms with E-state index in [0.717, 1.165) is 42.6 Å². The van der Waals surface area contributed by atoms with Crippen LogP contribution in [0.4, 0.5) is 5.69 Å². The van der Waals surface area contributed by atoms with Gasteiger partial charge in [0.2, 0.25) is 0 Å². The summed E-state index contributed by atoms with van der Waals surface area (Å²) in [5.74, 6) is 2.61. The minimum absolute atomic E-state index is 0.00822. The summed E-state index contributed by atoms with van der Waals surface area (Å²) in [4.78, 5) is 22.7. The largest absolute Gasteiger partial charge is 0.451 e. The molecule has 4 bridgehead atoms. The third-order valence-electron chi connectivity index (χ3n) is 6.91. The summed E-state index contributed by atoms with van der Waals surface area (Å²) >= 11 is 5.44. The van der Waals surface area contributed by atoms with Crippen molar-refractivity contribution in [3.63, 3.8) is 0 Å². The van der Waals surface area contributed by atoms with Gasteiger partial charge in [-0.15, -0.1) is 0 Å². The highest BCUT2D eigenvalue weighted by molar-refractivity contribution is 6.67. The Labute approximate surface area is 161 Å². The van der Waals surface area contributed by atoms with E-state index in [1.165, 1.54) is 25.3 Å². The molecule has 1 aromatic carbocycles. The molecule has 0 spiro atoms. The summed E-state index contributed by atoms with van der Waals surface area (Å²) in [5, 5.41) is 11.1. The molecule has 1 heterocycles. The third-order valence-corrected chi connectivity index (χ3v) is 7.10. The van der Waals surface area contributed by atoms with Crippen LogP contribution in [0.5, 0.6) is 0 Å². The SMILES string of the molecule is O=C(Cl)c1ccc(-c2ccc(C34CC5CC(CC(C5)C3)C4)cc2[N+](=O)[O-])o1.